The first-order valence-electron chi connectivity index (χ1n) is 8.33. The third-order valence-electron chi connectivity index (χ3n) is 5.28. The molecule has 1 saturated heterocycles. The van der Waals surface area contributed by atoms with E-state index < -0.39 is 11.7 Å². The van der Waals surface area contributed by atoms with Crippen molar-refractivity contribution in [1.29, 1.82) is 0 Å². The zero-order valence-electron chi connectivity index (χ0n) is 13.6. The number of piperidine rings is 1. The Morgan fingerprint density at radius 1 is 1.04 bits per heavy atom. The molecule has 25 heavy (non-hydrogen) atoms. The van der Waals surface area contributed by atoms with E-state index in [-0.39, 0.29) is 11.3 Å². The fraction of sp³-hybridized carbons (Fsp3) is 0.368. The Hall–Kier alpha value is -2.21. The van der Waals surface area contributed by atoms with Gasteiger partial charge in [-0.3, -0.25) is 0 Å². The number of alkyl halides is 3. The molecule has 0 aromatic heterocycles. The van der Waals surface area contributed by atoms with Gasteiger partial charge in [-0.05, 0) is 42.2 Å². The fourth-order valence-corrected chi connectivity index (χ4v) is 3.93. The van der Waals surface area contributed by atoms with Crippen molar-refractivity contribution in [3.05, 3.63) is 59.2 Å². The predicted octanol–water partition coefficient (Wildman–Crippen LogP) is 4.31. The smallest absolute Gasteiger partial charge is 0.397 e. The number of anilines is 2. The molecule has 6 heteroatoms. The van der Waals surface area contributed by atoms with Gasteiger partial charge in [-0.25, -0.2) is 0 Å². The van der Waals surface area contributed by atoms with Crippen LogP contribution in [0.3, 0.4) is 0 Å². The maximum Gasteiger partial charge on any atom is 0.416 e. The number of hydrogen-bond donors (Lipinski definition) is 1. The summed E-state index contributed by atoms with van der Waals surface area (Å²) < 4.78 is 44.5. The molecule has 2 aromatic rings. The molecule has 3 nitrogen and oxygen atoms in total. The van der Waals surface area contributed by atoms with Gasteiger partial charge in [-0.1, -0.05) is 24.3 Å². The second-order valence-electron chi connectivity index (χ2n) is 6.70. The van der Waals surface area contributed by atoms with Crippen LogP contribution in [-0.2, 0) is 23.1 Å². The highest BCUT2D eigenvalue weighted by molar-refractivity contribution is 5.69. The Morgan fingerprint density at radius 2 is 1.76 bits per heavy atom. The van der Waals surface area contributed by atoms with Gasteiger partial charge in [-0.2, -0.15) is 13.2 Å². The Kier molecular flexibility index (Phi) is 3.68. The number of rotatable bonds is 1. The molecule has 1 fully saturated rings. The maximum atomic E-state index is 12.8. The first-order chi connectivity index (χ1) is 11.9. The largest absolute Gasteiger partial charge is 0.416 e. The Morgan fingerprint density at radius 3 is 2.44 bits per heavy atom. The van der Waals surface area contributed by atoms with E-state index in [9.17, 15) is 13.2 Å². The summed E-state index contributed by atoms with van der Waals surface area (Å²) >= 11 is 0. The van der Waals surface area contributed by atoms with Gasteiger partial charge in [-0.15, -0.1) is 0 Å². The molecular weight excluding hydrogens is 329 g/mol. The second-order valence-corrected chi connectivity index (χ2v) is 6.70. The first kappa shape index (κ1) is 16.3. The molecule has 2 heterocycles. The predicted molar refractivity (Wildman–Crippen MR) is 90.2 cm³/mol. The second kappa shape index (κ2) is 5.66. The van der Waals surface area contributed by atoms with Crippen molar-refractivity contribution in [2.75, 3.05) is 23.7 Å². The third kappa shape index (κ3) is 2.74. The standard InChI is InChI=1S/C19H19F3N2O/c20-19(21,22)14-5-6-17(16(23)11-14)24-9-7-18(8-10-24)15-4-2-1-3-13(15)12-25-18/h1-6,11H,7-10,12,23H2. The van der Waals surface area contributed by atoms with E-state index in [2.05, 4.69) is 12.1 Å². The number of halogens is 3. The minimum atomic E-state index is -4.37. The number of nitrogens with zero attached hydrogens (tertiary/aromatic N) is 1. The molecule has 0 aliphatic carbocycles. The monoisotopic (exact) mass is 348 g/mol. The molecule has 2 aliphatic rings. The van der Waals surface area contributed by atoms with Crippen molar-refractivity contribution < 1.29 is 17.9 Å². The molecule has 1 spiro atoms. The lowest BCUT2D eigenvalue weighted by atomic mass is 9.83. The van der Waals surface area contributed by atoms with Crippen LogP contribution in [0, 0.1) is 0 Å². The van der Waals surface area contributed by atoms with Crippen LogP contribution in [0.4, 0.5) is 24.5 Å². The van der Waals surface area contributed by atoms with Gasteiger partial charge in [0.1, 0.15) is 0 Å². The average Bonchev–Trinajstić information content (AvgIpc) is 2.94. The van der Waals surface area contributed by atoms with E-state index in [0.717, 1.165) is 25.0 Å². The first-order valence-corrected chi connectivity index (χ1v) is 8.33. The summed E-state index contributed by atoms with van der Waals surface area (Å²) in [5.41, 5.74) is 8.21. The van der Waals surface area contributed by atoms with Crippen LogP contribution in [-0.4, -0.2) is 13.1 Å². The fourth-order valence-electron chi connectivity index (χ4n) is 3.93. The highest BCUT2D eigenvalue weighted by Gasteiger charge is 2.42. The molecule has 0 radical (unpaired) electrons. The van der Waals surface area contributed by atoms with Crippen LogP contribution >= 0.6 is 0 Å². The van der Waals surface area contributed by atoms with Crippen LogP contribution in [0.15, 0.2) is 42.5 Å². The van der Waals surface area contributed by atoms with Crippen molar-refractivity contribution in [1.82, 2.24) is 0 Å². The van der Waals surface area contributed by atoms with Crippen LogP contribution in [0.25, 0.3) is 0 Å². The zero-order valence-corrected chi connectivity index (χ0v) is 13.6. The van der Waals surface area contributed by atoms with E-state index >= 15 is 0 Å². The maximum absolute atomic E-state index is 12.8. The normalized spacial score (nSPS) is 19.2. The Bertz CT molecular complexity index is 795. The lowest BCUT2D eigenvalue weighted by molar-refractivity contribution is -0.137. The molecule has 132 valence electrons. The number of ether oxygens (including phenoxy) is 1. The van der Waals surface area contributed by atoms with Gasteiger partial charge in [0.25, 0.3) is 0 Å². The van der Waals surface area contributed by atoms with Gasteiger partial charge in [0.15, 0.2) is 0 Å². The van der Waals surface area contributed by atoms with Crippen molar-refractivity contribution in [2.45, 2.75) is 31.2 Å². The number of nitrogens with two attached hydrogens (primary N) is 1. The van der Waals surface area contributed by atoms with Gasteiger partial charge >= 0.3 is 6.18 Å². The van der Waals surface area contributed by atoms with Crippen LogP contribution in [0.1, 0.15) is 29.5 Å². The quantitative estimate of drug-likeness (QED) is 0.781. The molecule has 0 unspecified atom stereocenters. The molecule has 2 N–H and O–H groups in total. The van der Waals surface area contributed by atoms with Crippen molar-refractivity contribution in [3.63, 3.8) is 0 Å². The molecule has 2 aliphatic heterocycles. The molecule has 0 amide bonds. The topological polar surface area (TPSA) is 38.5 Å². The number of benzene rings is 2. The summed E-state index contributed by atoms with van der Waals surface area (Å²) in [6.45, 7) is 2.02. The molecule has 4 rings (SSSR count). The summed E-state index contributed by atoms with van der Waals surface area (Å²) in [6, 6.07) is 11.8. The van der Waals surface area contributed by atoms with Crippen molar-refractivity contribution in [3.8, 4) is 0 Å². The van der Waals surface area contributed by atoms with E-state index in [1.165, 1.54) is 17.2 Å². The summed E-state index contributed by atoms with van der Waals surface area (Å²) in [6.07, 6.45) is -2.78. The van der Waals surface area contributed by atoms with Gasteiger partial charge in [0.2, 0.25) is 0 Å². The van der Waals surface area contributed by atoms with Crippen molar-refractivity contribution >= 4 is 11.4 Å². The van der Waals surface area contributed by atoms with E-state index in [1.54, 1.807) is 0 Å². The summed E-state index contributed by atoms with van der Waals surface area (Å²) in [5.74, 6) is 0. The minimum Gasteiger partial charge on any atom is -0.397 e. The van der Waals surface area contributed by atoms with E-state index in [1.807, 2.05) is 17.0 Å². The number of hydrogen-bond acceptors (Lipinski definition) is 3. The molecule has 0 bridgehead atoms. The molecule has 0 atom stereocenters. The molecule has 0 saturated carbocycles. The minimum absolute atomic E-state index is 0.165. The zero-order chi connectivity index (χ0) is 17.7. The summed E-state index contributed by atoms with van der Waals surface area (Å²) in [7, 11) is 0. The summed E-state index contributed by atoms with van der Waals surface area (Å²) in [4.78, 5) is 2.05. The third-order valence-corrected chi connectivity index (χ3v) is 5.28. The highest BCUT2D eigenvalue weighted by atomic mass is 19.4. The summed E-state index contributed by atoms with van der Waals surface area (Å²) in [5, 5.41) is 0. The highest BCUT2D eigenvalue weighted by Crippen LogP contribution is 2.45. The number of nitrogen functional groups attached to an aromatic ring is 1. The van der Waals surface area contributed by atoms with Crippen LogP contribution in [0.5, 0.6) is 0 Å². The van der Waals surface area contributed by atoms with Gasteiger partial charge < -0.3 is 15.4 Å². The van der Waals surface area contributed by atoms with Crippen molar-refractivity contribution in [2.24, 2.45) is 0 Å². The van der Waals surface area contributed by atoms with Crippen LogP contribution < -0.4 is 10.6 Å². The number of fused-ring (bicyclic) bond motifs is 2. The lowest BCUT2D eigenvalue weighted by Gasteiger charge is -2.40. The Labute approximate surface area is 144 Å². The Balaban J connectivity index is 1.54. The molecular formula is C19H19F3N2O. The SMILES string of the molecule is Nc1cc(C(F)(F)F)ccc1N1CCC2(CC1)OCc1ccccc12. The molecule has 2 aromatic carbocycles. The van der Waals surface area contributed by atoms with Gasteiger partial charge in [0, 0.05) is 13.1 Å². The average molecular weight is 348 g/mol. The lowest BCUT2D eigenvalue weighted by Crippen LogP contribution is -2.42. The van der Waals surface area contributed by atoms with Crippen LogP contribution in [0.2, 0.25) is 0 Å². The van der Waals surface area contributed by atoms with E-state index in [4.69, 9.17) is 10.5 Å². The van der Waals surface area contributed by atoms with E-state index in [0.29, 0.717) is 25.4 Å². The van der Waals surface area contributed by atoms with Gasteiger partial charge in [0.05, 0.1) is 29.1 Å².